The molecule has 0 heterocycles. The summed E-state index contributed by atoms with van der Waals surface area (Å²) in [6.45, 7) is 2.04. The number of aliphatic hydroxyl groups excluding tert-OH is 1. The van der Waals surface area contributed by atoms with Gasteiger partial charge in [-0.25, -0.2) is 0 Å². The van der Waals surface area contributed by atoms with Crippen molar-refractivity contribution in [3.63, 3.8) is 0 Å². The number of rotatable bonds is 12. The fourth-order valence-corrected chi connectivity index (χ4v) is 11.4. The van der Waals surface area contributed by atoms with Crippen molar-refractivity contribution in [2.45, 2.75) is 37.5 Å². The molecule has 0 aliphatic rings. The van der Waals surface area contributed by atoms with Crippen molar-refractivity contribution >= 4 is 29.6 Å². The number of azide groups is 1. The SMILES string of the molecule is CCOC(=O)CCC(N=[N+]=[N-])[C@H]([C@@H](O)c1ccccc1)[Si](c1ccccc1)(c1ccccc1)c1ccccc1. The van der Waals surface area contributed by atoms with E-state index in [9.17, 15) is 15.4 Å². The van der Waals surface area contributed by atoms with Crippen LogP contribution >= 0.6 is 0 Å². The Labute approximate surface area is 230 Å². The van der Waals surface area contributed by atoms with Crippen molar-refractivity contribution in [3.8, 4) is 0 Å². The average Bonchev–Trinajstić information content (AvgIpc) is 3.00. The monoisotopic (exact) mass is 535 g/mol. The molecule has 0 fully saturated rings. The van der Waals surface area contributed by atoms with E-state index in [4.69, 9.17) is 4.74 Å². The average molecular weight is 536 g/mol. The van der Waals surface area contributed by atoms with E-state index in [-0.39, 0.29) is 25.4 Å². The number of carbonyl (C=O) groups excluding carboxylic acids is 1. The van der Waals surface area contributed by atoms with Gasteiger partial charge in [0.1, 0.15) is 0 Å². The highest BCUT2D eigenvalue weighted by Crippen LogP contribution is 2.41. The molecule has 1 N–H and O–H groups in total. The van der Waals surface area contributed by atoms with Gasteiger partial charge in [-0.3, -0.25) is 4.79 Å². The molecule has 198 valence electrons. The standard InChI is InChI=1S/C32H33N3O3Si/c1-2-38-30(36)24-23-29(34-35-33)32(31(37)25-15-7-3-8-16-25)39(26-17-9-4-10-18-26,27-19-11-5-12-20-27)28-21-13-6-14-22-28/h3-22,29,31-32,37H,2,23-24H2,1H3/t29?,31-,32+/m0/s1. The second kappa shape index (κ2) is 13.6. The molecule has 0 aromatic heterocycles. The van der Waals surface area contributed by atoms with Gasteiger partial charge in [-0.15, -0.1) is 0 Å². The van der Waals surface area contributed by atoms with Gasteiger partial charge in [0.2, 0.25) is 0 Å². The molecule has 4 aromatic rings. The fourth-order valence-electron chi connectivity index (χ4n) is 5.65. The Morgan fingerprint density at radius 3 is 1.67 bits per heavy atom. The number of hydrogen-bond acceptors (Lipinski definition) is 4. The molecule has 4 aromatic carbocycles. The van der Waals surface area contributed by atoms with Gasteiger partial charge in [0.05, 0.1) is 12.7 Å². The van der Waals surface area contributed by atoms with Gasteiger partial charge >= 0.3 is 5.97 Å². The fraction of sp³-hybridized carbons (Fsp3) is 0.219. The molecular weight excluding hydrogens is 502 g/mol. The minimum absolute atomic E-state index is 0.0817. The molecule has 39 heavy (non-hydrogen) atoms. The summed E-state index contributed by atoms with van der Waals surface area (Å²) in [5.41, 5.74) is 9.95. The number of esters is 1. The van der Waals surface area contributed by atoms with Gasteiger partial charge in [0.15, 0.2) is 8.07 Å². The Balaban J connectivity index is 2.06. The predicted octanol–water partition coefficient (Wildman–Crippen LogP) is 5.28. The summed E-state index contributed by atoms with van der Waals surface area (Å²) < 4.78 is 5.21. The van der Waals surface area contributed by atoms with Crippen LogP contribution in [0.15, 0.2) is 126 Å². The molecule has 0 saturated carbocycles. The Hall–Kier alpha value is -4.16. The molecule has 4 rings (SSSR count). The normalized spacial score (nSPS) is 13.5. The Morgan fingerprint density at radius 1 is 0.821 bits per heavy atom. The largest absolute Gasteiger partial charge is 0.466 e. The van der Waals surface area contributed by atoms with Crippen molar-refractivity contribution in [2.75, 3.05) is 6.61 Å². The van der Waals surface area contributed by atoms with Crippen LogP contribution in [0.3, 0.4) is 0 Å². The van der Waals surface area contributed by atoms with Crippen LogP contribution in [0.2, 0.25) is 5.54 Å². The lowest BCUT2D eigenvalue weighted by Gasteiger charge is -2.45. The number of ether oxygens (including phenoxy) is 1. The van der Waals surface area contributed by atoms with E-state index in [2.05, 4.69) is 46.4 Å². The van der Waals surface area contributed by atoms with Crippen molar-refractivity contribution in [2.24, 2.45) is 5.11 Å². The predicted molar refractivity (Wildman–Crippen MR) is 158 cm³/mol. The summed E-state index contributed by atoms with van der Waals surface area (Å²) >= 11 is 0. The maximum atomic E-state index is 12.5. The maximum absolute atomic E-state index is 12.5. The molecule has 0 aliphatic heterocycles. The van der Waals surface area contributed by atoms with E-state index in [1.807, 2.05) is 84.9 Å². The minimum atomic E-state index is -3.16. The van der Waals surface area contributed by atoms with Crippen molar-refractivity contribution in [1.82, 2.24) is 0 Å². The highest BCUT2D eigenvalue weighted by atomic mass is 28.3. The number of benzene rings is 4. The molecule has 7 heteroatoms. The first-order valence-corrected chi connectivity index (χ1v) is 15.3. The first-order chi connectivity index (χ1) is 19.1. The minimum Gasteiger partial charge on any atom is -0.466 e. The molecule has 6 nitrogen and oxygen atoms in total. The lowest BCUT2D eigenvalue weighted by molar-refractivity contribution is -0.143. The molecule has 0 aliphatic carbocycles. The highest BCUT2D eigenvalue weighted by molar-refractivity contribution is 7.12. The van der Waals surface area contributed by atoms with Crippen LogP contribution in [-0.4, -0.2) is 31.8 Å². The summed E-state index contributed by atoms with van der Waals surface area (Å²) in [6.07, 6.45) is -0.645. The van der Waals surface area contributed by atoms with Crippen LogP contribution in [0.1, 0.15) is 31.4 Å². The third kappa shape index (κ3) is 6.12. The van der Waals surface area contributed by atoms with Crippen LogP contribution in [0, 0.1) is 0 Å². The van der Waals surface area contributed by atoms with E-state index < -0.39 is 25.8 Å². The Kier molecular flexibility index (Phi) is 9.70. The quantitative estimate of drug-likeness (QED) is 0.0667. The van der Waals surface area contributed by atoms with Crippen molar-refractivity contribution in [1.29, 1.82) is 0 Å². The number of nitrogens with zero attached hydrogens (tertiary/aromatic N) is 3. The second-order valence-corrected chi connectivity index (χ2v) is 13.4. The topological polar surface area (TPSA) is 95.3 Å². The summed E-state index contributed by atoms with van der Waals surface area (Å²) in [4.78, 5) is 15.7. The van der Waals surface area contributed by atoms with Gasteiger partial charge < -0.3 is 9.84 Å². The van der Waals surface area contributed by atoms with E-state index in [0.717, 1.165) is 21.1 Å². The zero-order chi connectivity index (χ0) is 27.5. The second-order valence-electron chi connectivity index (χ2n) is 9.40. The van der Waals surface area contributed by atoms with E-state index >= 15 is 0 Å². The lowest BCUT2D eigenvalue weighted by atomic mass is 9.98. The Bertz CT molecular complexity index is 1270. The lowest BCUT2D eigenvalue weighted by Crippen LogP contribution is -2.72. The Morgan fingerprint density at radius 2 is 1.26 bits per heavy atom. The van der Waals surface area contributed by atoms with Crippen LogP contribution in [-0.2, 0) is 9.53 Å². The van der Waals surface area contributed by atoms with Gasteiger partial charge in [-0.1, -0.05) is 126 Å². The van der Waals surface area contributed by atoms with E-state index in [1.54, 1.807) is 6.92 Å². The van der Waals surface area contributed by atoms with E-state index in [0.29, 0.717) is 0 Å². The molecule has 0 radical (unpaired) electrons. The third-order valence-corrected chi connectivity index (χ3v) is 12.7. The first-order valence-electron chi connectivity index (χ1n) is 13.2. The molecular formula is C32H33N3O3Si. The molecule has 0 bridgehead atoms. The number of hydrogen-bond donors (Lipinski definition) is 1. The molecule has 1 unspecified atom stereocenters. The van der Waals surface area contributed by atoms with Crippen molar-refractivity contribution in [3.05, 3.63) is 137 Å². The van der Waals surface area contributed by atoms with Crippen LogP contribution < -0.4 is 15.6 Å². The number of carbonyl (C=O) groups is 1. The molecule has 0 amide bonds. The van der Waals surface area contributed by atoms with Crippen LogP contribution in [0.4, 0.5) is 0 Å². The van der Waals surface area contributed by atoms with Gasteiger partial charge in [0.25, 0.3) is 0 Å². The van der Waals surface area contributed by atoms with Gasteiger partial charge in [-0.2, -0.15) is 0 Å². The third-order valence-electron chi connectivity index (χ3n) is 7.23. The first kappa shape index (κ1) is 27.9. The smallest absolute Gasteiger partial charge is 0.305 e. The molecule has 0 saturated heterocycles. The van der Waals surface area contributed by atoms with Gasteiger partial charge in [0, 0.05) is 22.9 Å². The molecule has 3 atom stereocenters. The summed E-state index contributed by atoms with van der Waals surface area (Å²) in [5, 5.41) is 19.8. The van der Waals surface area contributed by atoms with E-state index in [1.165, 1.54) is 0 Å². The zero-order valence-electron chi connectivity index (χ0n) is 22.0. The van der Waals surface area contributed by atoms with Gasteiger partial charge in [-0.05, 0) is 40.0 Å². The summed E-state index contributed by atoms with van der Waals surface area (Å²) in [5.74, 6) is -0.352. The van der Waals surface area contributed by atoms with Crippen LogP contribution in [0.5, 0.6) is 0 Å². The number of aliphatic hydroxyl groups is 1. The van der Waals surface area contributed by atoms with Crippen LogP contribution in [0.25, 0.3) is 10.4 Å². The summed E-state index contributed by atoms with van der Waals surface area (Å²) in [7, 11) is -3.16. The van der Waals surface area contributed by atoms with Crippen molar-refractivity contribution < 1.29 is 14.6 Å². The maximum Gasteiger partial charge on any atom is 0.305 e. The zero-order valence-corrected chi connectivity index (χ0v) is 23.0. The summed E-state index contributed by atoms with van der Waals surface area (Å²) in [6, 6.07) is 39.4. The highest BCUT2D eigenvalue weighted by Gasteiger charge is 2.52. The molecule has 0 spiro atoms.